The molecule has 0 saturated carbocycles. The van der Waals surface area contributed by atoms with Crippen LogP contribution in [0, 0.1) is 0 Å². The van der Waals surface area contributed by atoms with Gasteiger partial charge in [0.05, 0.1) is 41.3 Å². The van der Waals surface area contributed by atoms with Crippen LogP contribution in [0.5, 0.6) is 28.7 Å². The maximum absolute atomic E-state index is 12.5. The predicted molar refractivity (Wildman–Crippen MR) is 105 cm³/mol. The number of ether oxygens (including phenoxy) is 5. The molecule has 2 rings (SSSR count). The highest BCUT2D eigenvalue weighted by molar-refractivity contribution is 6.01. The Bertz CT molecular complexity index is 854. The van der Waals surface area contributed by atoms with Crippen LogP contribution in [0.4, 0.5) is 0 Å². The first-order chi connectivity index (χ1) is 13.5. The molecule has 8 heteroatoms. The minimum Gasteiger partial charge on any atom is -0.493 e. The van der Waals surface area contributed by atoms with Crippen LogP contribution in [0.1, 0.15) is 22.8 Å². The Morgan fingerprint density at radius 2 is 1.29 bits per heavy atom. The van der Waals surface area contributed by atoms with Gasteiger partial charge in [0.2, 0.25) is 5.75 Å². The molecule has 0 radical (unpaired) electrons. The Kier molecular flexibility index (Phi) is 7.08. The molecule has 0 saturated heterocycles. The molecule has 0 bridgehead atoms. The van der Waals surface area contributed by atoms with Crippen LogP contribution in [-0.4, -0.2) is 47.2 Å². The number of hydrogen-bond donors (Lipinski definition) is 1. The molecule has 0 aliphatic rings. The van der Waals surface area contributed by atoms with Gasteiger partial charge in [-0.2, -0.15) is 5.10 Å². The molecule has 1 N–H and O–H groups in total. The molecule has 0 unspecified atom stereocenters. The number of nitrogens with zero attached hydrogens (tertiary/aromatic N) is 1. The molecule has 0 aliphatic heterocycles. The summed E-state index contributed by atoms with van der Waals surface area (Å²) in [5.74, 6) is 1.94. The SMILES string of the molecule is COc1ccc(/C(C)=N\NC(=O)c2cc(OC)c(OC)c(OC)c2)cc1OC. The van der Waals surface area contributed by atoms with Gasteiger partial charge in [-0.05, 0) is 37.3 Å². The number of carbonyl (C=O) groups excluding carboxylic acids is 1. The molecule has 0 atom stereocenters. The Morgan fingerprint density at radius 1 is 0.750 bits per heavy atom. The predicted octanol–water partition coefficient (Wildman–Crippen LogP) is 2.88. The summed E-state index contributed by atoms with van der Waals surface area (Å²) < 4.78 is 26.3. The first kappa shape index (κ1) is 20.9. The van der Waals surface area contributed by atoms with Crippen molar-refractivity contribution in [2.75, 3.05) is 35.5 Å². The third-order valence-electron chi connectivity index (χ3n) is 4.05. The van der Waals surface area contributed by atoms with E-state index in [1.807, 2.05) is 6.07 Å². The third-order valence-corrected chi connectivity index (χ3v) is 4.05. The van der Waals surface area contributed by atoms with Gasteiger partial charge in [-0.1, -0.05) is 0 Å². The zero-order chi connectivity index (χ0) is 20.7. The molecule has 2 aromatic carbocycles. The quantitative estimate of drug-likeness (QED) is 0.553. The highest BCUT2D eigenvalue weighted by atomic mass is 16.5. The monoisotopic (exact) mass is 388 g/mol. The highest BCUT2D eigenvalue weighted by Gasteiger charge is 2.17. The van der Waals surface area contributed by atoms with Gasteiger partial charge >= 0.3 is 0 Å². The summed E-state index contributed by atoms with van der Waals surface area (Å²) in [6, 6.07) is 8.49. The second-order valence-corrected chi connectivity index (χ2v) is 5.62. The van der Waals surface area contributed by atoms with Crippen molar-refractivity contribution in [3.63, 3.8) is 0 Å². The van der Waals surface area contributed by atoms with Crippen molar-refractivity contribution in [1.29, 1.82) is 0 Å². The van der Waals surface area contributed by atoms with E-state index in [0.717, 1.165) is 5.56 Å². The number of methoxy groups -OCH3 is 5. The van der Waals surface area contributed by atoms with Crippen molar-refractivity contribution in [3.8, 4) is 28.7 Å². The minimum absolute atomic E-state index is 0.318. The van der Waals surface area contributed by atoms with Crippen LogP contribution in [0.25, 0.3) is 0 Å². The fourth-order valence-corrected chi connectivity index (χ4v) is 2.54. The number of benzene rings is 2. The largest absolute Gasteiger partial charge is 0.493 e. The average Bonchev–Trinajstić information content (AvgIpc) is 2.75. The van der Waals surface area contributed by atoms with Crippen molar-refractivity contribution < 1.29 is 28.5 Å². The number of hydrogen-bond acceptors (Lipinski definition) is 7. The third kappa shape index (κ3) is 4.46. The Morgan fingerprint density at radius 3 is 1.79 bits per heavy atom. The molecule has 0 fully saturated rings. The number of hydrazone groups is 1. The summed E-state index contributed by atoms with van der Waals surface area (Å²) >= 11 is 0. The van der Waals surface area contributed by atoms with Crippen molar-refractivity contribution >= 4 is 11.6 Å². The number of amides is 1. The summed E-state index contributed by atoms with van der Waals surface area (Å²) in [5, 5.41) is 4.16. The lowest BCUT2D eigenvalue weighted by Gasteiger charge is -2.13. The van der Waals surface area contributed by atoms with Gasteiger partial charge in [0, 0.05) is 11.1 Å². The maximum atomic E-state index is 12.5. The zero-order valence-electron chi connectivity index (χ0n) is 16.8. The van der Waals surface area contributed by atoms with Gasteiger partial charge in [-0.25, -0.2) is 5.43 Å². The molecule has 28 heavy (non-hydrogen) atoms. The molecular formula is C20H24N2O6. The van der Waals surface area contributed by atoms with Crippen LogP contribution < -0.4 is 29.1 Å². The normalized spacial score (nSPS) is 10.9. The summed E-state index contributed by atoms with van der Waals surface area (Å²) in [6.45, 7) is 1.77. The molecule has 0 heterocycles. The second kappa shape index (κ2) is 9.50. The van der Waals surface area contributed by atoms with Crippen LogP contribution in [0.2, 0.25) is 0 Å². The Balaban J connectivity index is 2.25. The van der Waals surface area contributed by atoms with Crippen LogP contribution in [0.15, 0.2) is 35.4 Å². The van der Waals surface area contributed by atoms with E-state index in [1.165, 1.54) is 21.3 Å². The molecule has 0 aliphatic carbocycles. The van der Waals surface area contributed by atoms with E-state index in [9.17, 15) is 4.79 Å². The van der Waals surface area contributed by atoms with Gasteiger partial charge in [0.25, 0.3) is 5.91 Å². The standard InChI is InChI=1S/C20H24N2O6/c1-12(13-7-8-15(24-2)16(9-13)25-3)21-22-20(23)14-10-17(26-4)19(28-6)18(11-14)27-5/h7-11H,1-6H3,(H,22,23)/b21-12-. The lowest BCUT2D eigenvalue weighted by atomic mass is 10.1. The topological polar surface area (TPSA) is 87.6 Å². The summed E-state index contributed by atoms with van der Waals surface area (Å²) in [7, 11) is 7.59. The second-order valence-electron chi connectivity index (χ2n) is 5.62. The molecular weight excluding hydrogens is 364 g/mol. The fourth-order valence-electron chi connectivity index (χ4n) is 2.54. The van der Waals surface area contributed by atoms with Gasteiger partial charge in [0.1, 0.15) is 0 Å². The summed E-state index contributed by atoms with van der Waals surface area (Å²) in [5.41, 5.74) is 4.23. The highest BCUT2D eigenvalue weighted by Crippen LogP contribution is 2.38. The number of rotatable bonds is 8. The van der Waals surface area contributed by atoms with Gasteiger partial charge in [0.15, 0.2) is 23.0 Å². The van der Waals surface area contributed by atoms with E-state index in [0.29, 0.717) is 40.0 Å². The van der Waals surface area contributed by atoms with E-state index in [2.05, 4.69) is 10.5 Å². The number of nitrogens with one attached hydrogen (secondary N) is 1. The van der Waals surface area contributed by atoms with Crippen molar-refractivity contribution in [3.05, 3.63) is 41.5 Å². The minimum atomic E-state index is -0.418. The van der Waals surface area contributed by atoms with Crippen molar-refractivity contribution in [2.24, 2.45) is 5.10 Å². The van der Waals surface area contributed by atoms with E-state index in [-0.39, 0.29) is 0 Å². The van der Waals surface area contributed by atoms with E-state index >= 15 is 0 Å². The molecule has 8 nitrogen and oxygen atoms in total. The van der Waals surface area contributed by atoms with Gasteiger partial charge < -0.3 is 23.7 Å². The molecule has 2 aromatic rings. The van der Waals surface area contributed by atoms with Crippen molar-refractivity contribution in [1.82, 2.24) is 5.43 Å². The lowest BCUT2D eigenvalue weighted by Crippen LogP contribution is -2.19. The number of carbonyl (C=O) groups is 1. The average molecular weight is 388 g/mol. The lowest BCUT2D eigenvalue weighted by molar-refractivity contribution is 0.0954. The van der Waals surface area contributed by atoms with Gasteiger partial charge in [-0.3, -0.25) is 4.79 Å². The van der Waals surface area contributed by atoms with E-state index in [1.54, 1.807) is 45.4 Å². The maximum Gasteiger partial charge on any atom is 0.271 e. The smallest absolute Gasteiger partial charge is 0.271 e. The van der Waals surface area contributed by atoms with Crippen LogP contribution in [-0.2, 0) is 0 Å². The molecule has 1 amide bonds. The Hall–Kier alpha value is -3.42. The van der Waals surface area contributed by atoms with E-state index < -0.39 is 5.91 Å². The summed E-state index contributed by atoms with van der Waals surface area (Å²) in [6.07, 6.45) is 0. The Labute approximate surface area is 164 Å². The molecule has 0 spiro atoms. The van der Waals surface area contributed by atoms with Crippen LogP contribution >= 0.6 is 0 Å². The van der Waals surface area contributed by atoms with Crippen molar-refractivity contribution in [2.45, 2.75) is 6.92 Å². The van der Waals surface area contributed by atoms with E-state index in [4.69, 9.17) is 23.7 Å². The first-order valence-electron chi connectivity index (χ1n) is 8.36. The molecule has 150 valence electrons. The molecule has 0 aromatic heterocycles. The summed E-state index contributed by atoms with van der Waals surface area (Å²) in [4.78, 5) is 12.5. The zero-order valence-corrected chi connectivity index (χ0v) is 16.8. The van der Waals surface area contributed by atoms with Gasteiger partial charge in [-0.15, -0.1) is 0 Å². The van der Waals surface area contributed by atoms with Crippen LogP contribution in [0.3, 0.4) is 0 Å². The fraction of sp³-hybridized carbons (Fsp3) is 0.300. The first-order valence-corrected chi connectivity index (χ1v) is 8.36.